The molecule has 10 heteroatoms. The van der Waals surface area contributed by atoms with E-state index in [1.54, 1.807) is 11.3 Å². The lowest BCUT2D eigenvalue weighted by atomic mass is 9.97. The Bertz CT molecular complexity index is 971. The van der Waals surface area contributed by atoms with Gasteiger partial charge in [0.25, 0.3) is 0 Å². The molecule has 7 nitrogen and oxygen atoms in total. The number of thiophene rings is 1. The molecule has 2 aliphatic rings. The van der Waals surface area contributed by atoms with E-state index in [9.17, 15) is 13.2 Å². The third-order valence-corrected chi connectivity index (χ3v) is 8.55. The predicted molar refractivity (Wildman–Crippen MR) is 104 cm³/mol. The van der Waals surface area contributed by atoms with Crippen molar-refractivity contribution in [1.82, 2.24) is 15.3 Å². The number of rotatable bonds is 4. The number of hydrogen-bond donors (Lipinski definition) is 2. The van der Waals surface area contributed by atoms with Crippen molar-refractivity contribution >= 4 is 54.9 Å². The Morgan fingerprint density at radius 2 is 2.12 bits per heavy atom. The first-order valence-corrected chi connectivity index (χ1v) is 12.2. The summed E-state index contributed by atoms with van der Waals surface area (Å²) in [4.78, 5) is 23.3. The highest BCUT2D eigenvalue weighted by Crippen LogP contribution is 2.38. The lowest BCUT2D eigenvalue weighted by Gasteiger charge is -2.11. The summed E-state index contributed by atoms with van der Waals surface area (Å²) in [6, 6.07) is -0.286. The van der Waals surface area contributed by atoms with Crippen LogP contribution in [-0.2, 0) is 27.5 Å². The minimum Gasteiger partial charge on any atom is -0.383 e. The van der Waals surface area contributed by atoms with E-state index in [1.165, 1.54) is 35.0 Å². The number of thioether (sulfide) groups is 1. The molecule has 3 heterocycles. The molecule has 0 saturated carbocycles. The van der Waals surface area contributed by atoms with Crippen LogP contribution in [-0.4, -0.2) is 47.6 Å². The Balaban J connectivity index is 1.43. The van der Waals surface area contributed by atoms with Gasteiger partial charge in [-0.25, -0.2) is 18.4 Å². The summed E-state index contributed by atoms with van der Waals surface area (Å²) < 4.78 is 22.9. The standard InChI is InChI=1S/C16H20N4O3S3/c17-14-13-10-3-1-2-4-11(10)25-15(13)20-16(19-14)24-7-12(21)18-9-5-6-26(22,23)8-9/h9H,1-8H2,(H,18,21)(H2,17,19,20)/t9-/m1/s1. The summed E-state index contributed by atoms with van der Waals surface area (Å²) >= 11 is 2.91. The molecule has 0 radical (unpaired) electrons. The fourth-order valence-electron chi connectivity index (χ4n) is 3.54. The maximum absolute atomic E-state index is 12.1. The molecule has 4 rings (SSSR count). The molecule has 1 saturated heterocycles. The predicted octanol–water partition coefficient (Wildman–Crippen LogP) is 1.55. The molecule has 140 valence electrons. The Kier molecular flexibility index (Phi) is 4.83. The number of amides is 1. The highest BCUT2D eigenvalue weighted by Gasteiger charge is 2.29. The van der Waals surface area contributed by atoms with Gasteiger partial charge in [-0.05, 0) is 37.7 Å². The summed E-state index contributed by atoms with van der Waals surface area (Å²) in [6.07, 6.45) is 4.96. The number of nitrogen functional groups attached to an aromatic ring is 1. The van der Waals surface area contributed by atoms with Crippen LogP contribution >= 0.6 is 23.1 Å². The van der Waals surface area contributed by atoms with E-state index in [0.717, 1.165) is 23.1 Å². The van der Waals surface area contributed by atoms with Crippen LogP contribution in [0, 0.1) is 0 Å². The number of carbonyl (C=O) groups excluding carboxylic acids is 1. The van der Waals surface area contributed by atoms with Crippen molar-refractivity contribution in [2.24, 2.45) is 0 Å². The van der Waals surface area contributed by atoms with E-state index in [0.29, 0.717) is 17.4 Å². The van der Waals surface area contributed by atoms with E-state index in [2.05, 4.69) is 15.3 Å². The van der Waals surface area contributed by atoms with Crippen LogP contribution in [0.3, 0.4) is 0 Å². The van der Waals surface area contributed by atoms with E-state index >= 15 is 0 Å². The fourth-order valence-corrected chi connectivity index (χ4v) is 7.20. The Hall–Kier alpha value is -1.39. The number of aryl methyl sites for hydroxylation is 2. The van der Waals surface area contributed by atoms with Crippen molar-refractivity contribution in [3.63, 3.8) is 0 Å². The number of sulfone groups is 1. The SMILES string of the molecule is Nc1nc(SCC(=O)N[C@@H]2CCS(=O)(=O)C2)nc2sc3c(c12)CCCC3. The topological polar surface area (TPSA) is 115 Å². The molecule has 0 unspecified atom stereocenters. The lowest BCUT2D eigenvalue weighted by Crippen LogP contribution is -2.36. The third-order valence-electron chi connectivity index (χ3n) is 4.75. The van der Waals surface area contributed by atoms with Gasteiger partial charge in [-0.15, -0.1) is 11.3 Å². The van der Waals surface area contributed by atoms with Crippen molar-refractivity contribution in [1.29, 1.82) is 0 Å². The second-order valence-electron chi connectivity index (χ2n) is 6.74. The highest BCUT2D eigenvalue weighted by molar-refractivity contribution is 7.99. The minimum absolute atomic E-state index is 0.0273. The molecule has 0 spiro atoms. The highest BCUT2D eigenvalue weighted by atomic mass is 32.2. The van der Waals surface area contributed by atoms with E-state index in [-0.39, 0.29) is 29.2 Å². The maximum Gasteiger partial charge on any atom is 0.230 e. The molecule has 1 amide bonds. The number of nitrogens with one attached hydrogen (secondary N) is 1. The molecule has 3 N–H and O–H groups in total. The van der Waals surface area contributed by atoms with Gasteiger partial charge < -0.3 is 11.1 Å². The number of hydrogen-bond acceptors (Lipinski definition) is 8. The second-order valence-corrected chi connectivity index (χ2v) is 11.0. The number of carbonyl (C=O) groups is 1. The molecule has 1 fully saturated rings. The maximum atomic E-state index is 12.1. The molecule has 1 atom stereocenters. The van der Waals surface area contributed by atoms with Gasteiger partial charge in [0.2, 0.25) is 5.91 Å². The zero-order valence-electron chi connectivity index (χ0n) is 14.2. The number of aromatic nitrogens is 2. The molecule has 0 bridgehead atoms. The number of anilines is 1. The van der Waals surface area contributed by atoms with Gasteiger partial charge in [0, 0.05) is 10.9 Å². The van der Waals surface area contributed by atoms with Crippen molar-refractivity contribution in [2.75, 3.05) is 23.0 Å². The van der Waals surface area contributed by atoms with Crippen LogP contribution in [0.5, 0.6) is 0 Å². The lowest BCUT2D eigenvalue weighted by molar-refractivity contribution is -0.119. The Morgan fingerprint density at radius 1 is 1.31 bits per heavy atom. The van der Waals surface area contributed by atoms with Crippen molar-refractivity contribution in [3.05, 3.63) is 10.4 Å². The zero-order chi connectivity index (χ0) is 18.3. The number of nitrogens with zero attached hydrogens (tertiary/aromatic N) is 2. The summed E-state index contributed by atoms with van der Waals surface area (Å²) in [5.41, 5.74) is 7.47. The average molecular weight is 413 g/mol. The summed E-state index contributed by atoms with van der Waals surface area (Å²) in [5.74, 6) is 0.598. The zero-order valence-corrected chi connectivity index (χ0v) is 16.6. The average Bonchev–Trinajstić information content (AvgIpc) is 3.12. The van der Waals surface area contributed by atoms with Crippen LogP contribution in [0.4, 0.5) is 5.82 Å². The molecule has 2 aromatic rings. The third kappa shape index (κ3) is 3.67. The second kappa shape index (κ2) is 6.97. The molecule has 0 aromatic carbocycles. The normalized spacial score (nSPS) is 21.6. The molecule has 1 aliphatic heterocycles. The van der Waals surface area contributed by atoms with Crippen LogP contribution in [0.15, 0.2) is 5.16 Å². The van der Waals surface area contributed by atoms with Gasteiger partial charge in [0.15, 0.2) is 15.0 Å². The van der Waals surface area contributed by atoms with Gasteiger partial charge in [-0.1, -0.05) is 11.8 Å². The van der Waals surface area contributed by atoms with Gasteiger partial charge in [-0.2, -0.15) is 0 Å². The summed E-state index contributed by atoms with van der Waals surface area (Å²) in [5, 5.41) is 4.24. The Morgan fingerprint density at radius 3 is 2.88 bits per heavy atom. The van der Waals surface area contributed by atoms with Gasteiger partial charge in [-0.3, -0.25) is 4.79 Å². The van der Waals surface area contributed by atoms with Crippen LogP contribution < -0.4 is 11.1 Å². The largest absolute Gasteiger partial charge is 0.383 e. The molecular formula is C16H20N4O3S3. The Labute approximate surface area is 160 Å². The molecule has 1 aliphatic carbocycles. The monoisotopic (exact) mass is 412 g/mol. The van der Waals surface area contributed by atoms with Crippen LogP contribution in [0.1, 0.15) is 29.7 Å². The quantitative estimate of drug-likeness (QED) is 0.578. The molecular weight excluding hydrogens is 392 g/mol. The summed E-state index contributed by atoms with van der Waals surface area (Å²) in [6.45, 7) is 0. The molecule has 2 aromatic heterocycles. The van der Waals surface area contributed by atoms with Gasteiger partial charge in [0.05, 0.1) is 22.6 Å². The van der Waals surface area contributed by atoms with E-state index in [4.69, 9.17) is 5.73 Å². The first-order valence-electron chi connectivity index (χ1n) is 8.61. The minimum atomic E-state index is -3.00. The van der Waals surface area contributed by atoms with Crippen LogP contribution in [0.2, 0.25) is 0 Å². The first-order chi connectivity index (χ1) is 12.4. The number of fused-ring (bicyclic) bond motifs is 3. The molecule has 26 heavy (non-hydrogen) atoms. The van der Waals surface area contributed by atoms with Gasteiger partial charge >= 0.3 is 0 Å². The first kappa shape index (κ1) is 18.0. The van der Waals surface area contributed by atoms with Gasteiger partial charge in [0.1, 0.15) is 10.6 Å². The van der Waals surface area contributed by atoms with E-state index in [1.807, 2.05) is 0 Å². The van der Waals surface area contributed by atoms with Crippen molar-refractivity contribution in [3.8, 4) is 0 Å². The smallest absolute Gasteiger partial charge is 0.230 e. The number of nitrogens with two attached hydrogens (primary N) is 1. The van der Waals surface area contributed by atoms with Crippen molar-refractivity contribution < 1.29 is 13.2 Å². The van der Waals surface area contributed by atoms with Crippen LogP contribution in [0.25, 0.3) is 10.2 Å². The van der Waals surface area contributed by atoms with Crippen molar-refractivity contribution in [2.45, 2.75) is 43.3 Å². The summed E-state index contributed by atoms with van der Waals surface area (Å²) in [7, 11) is -3.00. The van der Waals surface area contributed by atoms with E-state index < -0.39 is 9.84 Å². The fraction of sp³-hybridized carbons (Fsp3) is 0.562.